The standard InChI is InChI=1S/2C13H9.2C4H9.2ClH.H2Si.Zr/c2*1-3-7-12-10(5-1)9-11-6-2-4-8-13(11)12;2*1-3-4-2;;;;/h2*1-9H;2*1,3-4H2,2H3;2*1H;1H2;. The first-order chi connectivity index (χ1) is 17.6. The summed E-state index contributed by atoms with van der Waals surface area (Å²) in [4.78, 5) is 0. The van der Waals surface area contributed by atoms with Gasteiger partial charge in [-0.3, -0.25) is 0 Å². The second-order valence-corrected chi connectivity index (χ2v) is 38.1. The van der Waals surface area contributed by atoms with Crippen molar-refractivity contribution in [2.75, 3.05) is 0 Å². The predicted octanol–water partition coefficient (Wildman–Crippen LogP) is 10.0. The second kappa shape index (κ2) is 11.6. The number of halogens is 2. The summed E-state index contributed by atoms with van der Waals surface area (Å²) in [7, 11) is 0. The molecule has 38 heavy (non-hydrogen) atoms. The number of rotatable bonds is 8. The summed E-state index contributed by atoms with van der Waals surface area (Å²) >= 11 is -3.76. The van der Waals surface area contributed by atoms with Gasteiger partial charge < -0.3 is 0 Å². The topological polar surface area (TPSA) is 0 Å². The Labute approximate surface area is 244 Å². The van der Waals surface area contributed by atoms with E-state index in [0.717, 1.165) is 0 Å². The molecule has 4 aromatic rings. The van der Waals surface area contributed by atoms with Crippen LogP contribution in [-0.4, -0.2) is 6.88 Å². The van der Waals surface area contributed by atoms with E-state index in [9.17, 15) is 0 Å². The molecule has 0 atom stereocenters. The molecule has 0 fully saturated rings. The van der Waals surface area contributed by atoms with Crippen LogP contribution < -0.4 is 0 Å². The van der Waals surface area contributed by atoms with Crippen molar-refractivity contribution < 1.29 is 17.4 Å². The average molecular weight is 639 g/mol. The maximum Gasteiger partial charge on any atom is -0.147 e. The summed E-state index contributed by atoms with van der Waals surface area (Å²) in [6.07, 6.45) is 5.25. The Bertz CT molecular complexity index is 1300. The van der Waals surface area contributed by atoms with Crippen molar-refractivity contribution in [3.05, 3.63) is 119 Å². The van der Waals surface area contributed by atoms with Gasteiger partial charge in [-0.25, -0.2) is 0 Å². The summed E-state index contributed by atoms with van der Waals surface area (Å²) in [5.74, 6) is 0. The molecular formula is C34H40Cl2SiZr. The number of benzene rings is 4. The number of unbranched alkanes of at least 4 members (excludes halogenated alkanes) is 2. The Morgan fingerprint density at radius 1 is 0.500 bits per heavy atom. The molecule has 0 amide bonds. The Morgan fingerprint density at radius 2 is 0.763 bits per heavy atom. The second-order valence-electron chi connectivity index (χ2n) is 11.6. The molecule has 0 nitrogen and oxygen atoms in total. The minimum Gasteiger partial charge on any atom is -0.147 e. The van der Waals surface area contributed by atoms with Gasteiger partial charge in [-0.1, -0.05) is 0 Å². The first kappa shape index (κ1) is 29.5. The first-order valence-corrected chi connectivity index (χ1v) is 26.3. The molecule has 198 valence electrons. The van der Waals surface area contributed by atoms with Crippen LogP contribution in [0.25, 0.3) is 22.3 Å². The molecule has 0 heterocycles. The van der Waals surface area contributed by atoms with E-state index in [4.69, 9.17) is 0 Å². The van der Waals surface area contributed by atoms with Crippen molar-refractivity contribution in [3.8, 4) is 22.3 Å². The zero-order valence-corrected chi connectivity index (χ0v) is 28.2. The molecule has 0 bridgehead atoms. The zero-order chi connectivity index (χ0) is 24.8. The molecule has 0 N–H and O–H groups in total. The van der Waals surface area contributed by atoms with Crippen LogP contribution in [-0.2, 0) is 17.4 Å². The Balaban J connectivity index is 0.00000168. The summed E-state index contributed by atoms with van der Waals surface area (Å²) in [5.41, 5.74) is 12.5. The zero-order valence-electron chi connectivity index (χ0n) is 22.7. The first-order valence-electron chi connectivity index (χ1n) is 14.0. The third-order valence-electron chi connectivity index (χ3n) is 9.57. The van der Waals surface area contributed by atoms with Crippen LogP contribution in [0.2, 0.25) is 8.26 Å². The van der Waals surface area contributed by atoms with Gasteiger partial charge in [0.25, 0.3) is 0 Å². The van der Waals surface area contributed by atoms with Crippen LogP contribution in [0.15, 0.2) is 97.1 Å². The van der Waals surface area contributed by atoms with E-state index < -0.39 is 17.4 Å². The maximum atomic E-state index is 2.60. The maximum absolute atomic E-state index is 3.76. The number of fused-ring (bicyclic) bond motifs is 6. The van der Waals surface area contributed by atoms with Gasteiger partial charge >= 0.3 is 221 Å². The van der Waals surface area contributed by atoms with E-state index in [1.165, 1.54) is 56.2 Å². The van der Waals surface area contributed by atoms with Crippen LogP contribution in [0, 0.1) is 0 Å². The molecule has 0 saturated carbocycles. The van der Waals surface area contributed by atoms with Gasteiger partial charge in [-0.05, 0) is 0 Å². The van der Waals surface area contributed by atoms with Crippen LogP contribution in [0.4, 0.5) is 0 Å². The fourth-order valence-electron chi connectivity index (χ4n) is 8.12. The largest absolute Gasteiger partial charge is 0.147 e. The SMILES string of the molecule is CCC[CH2][Zr](=[SiH2])([CH2]CCC)([CH]1c2ccccc2-c2ccccc21)[CH]1c2ccccc2-c2ccccc21.Cl.Cl. The monoisotopic (exact) mass is 636 g/mol. The van der Waals surface area contributed by atoms with E-state index in [1.54, 1.807) is 22.3 Å². The van der Waals surface area contributed by atoms with Gasteiger partial charge in [-0.2, -0.15) is 0 Å². The number of hydrogen-bond acceptors (Lipinski definition) is 0. The fraction of sp³-hybridized carbons (Fsp3) is 0.294. The third-order valence-corrected chi connectivity index (χ3v) is 37.4. The molecule has 2 aliphatic rings. The Kier molecular flexibility index (Phi) is 9.00. The van der Waals surface area contributed by atoms with Crippen LogP contribution in [0.1, 0.15) is 69.0 Å². The molecule has 0 saturated heterocycles. The summed E-state index contributed by atoms with van der Waals surface area (Å²) < 4.78 is 4.05. The minimum absolute atomic E-state index is 0. The van der Waals surface area contributed by atoms with Crippen LogP contribution in [0.5, 0.6) is 0 Å². The van der Waals surface area contributed by atoms with Crippen LogP contribution in [0.3, 0.4) is 0 Å². The van der Waals surface area contributed by atoms with E-state index in [2.05, 4.69) is 118 Å². The van der Waals surface area contributed by atoms with Crippen molar-refractivity contribution >= 4 is 31.7 Å². The van der Waals surface area contributed by atoms with E-state index in [1.807, 2.05) is 0 Å². The third kappa shape index (κ3) is 4.35. The molecule has 0 unspecified atom stereocenters. The van der Waals surface area contributed by atoms with Crippen molar-refractivity contribution in [2.45, 2.75) is 55.0 Å². The van der Waals surface area contributed by atoms with Crippen molar-refractivity contribution in [1.29, 1.82) is 0 Å². The molecule has 0 aliphatic heterocycles. The van der Waals surface area contributed by atoms with Gasteiger partial charge in [0, 0.05) is 0 Å². The van der Waals surface area contributed by atoms with Crippen molar-refractivity contribution in [2.24, 2.45) is 0 Å². The predicted molar refractivity (Wildman–Crippen MR) is 170 cm³/mol. The summed E-state index contributed by atoms with van der Waals surface area (Å²) in [5, 5.41) is 0. The minimum atomic E-state index is -3.76. The van der Waals surface area contributed by atoms with E-state index in [0.29, 0.717) is 7.25 Å². The average Bonchev–Trinajstić information content (AvgIpc) is 3.46. The van der Waals surface area contributed by atoms with Gasteiger partial charge in [0.15, 0.2) is 0 Å². The van der Waals surface area contributed by atoms with Crippen molar-refractivity contribution in [3.63, 3.8) is 0 Å². The molecule has 4 heteroatoms. The molecule has 4 aromatic carbocycles. The van der Waals surface area contributed by atoms with Crippen LogP contribution >= 0.6 is 24.8 Å². The quantitative estimate of drug-likeness (QED) is 0.169. The van der Waals surface area contributed by atoms with Crippen molar-refractivity contribution in [1.82, 2.24) is 0 Å². The van der Waals surface area contributed by atoms with E-state index in [-0.39, 0.29) is 24.8 Å². The Hall–Kier alpha value is -1.44. The fourth-order valence-corrected chi connectivity index (χ4v) is 37.5. The molecule has 2 aliphatic carbocycles. The molecule has 6 rings (SSSR count). The van der Waals surface area contributed by atoms with Gasteiger partial charge in [-0.15, -0.1) is 24.8 Å². The Morgan fingerprint density at radius 3 is 1.03 bits per heavy atom. The molecular weight excluding hydrogens is 599 g/mol. The summed E-state index contributed by atoms with van der Waals surface area (Å²) in [6.45, 7) is 7.40. The van der Waals surface area contributed by atoms with Gasteiger partial charge in [0.1, 0.15) is 0 Å². The molecule has 0 radical (unpaired) electrons. The van der Waals surface area contributed by atoms with Gasteiger partial charge in [0.2, 0.25) is 0 Å². The normalized spacial score (nSPS) is 14.1. The summed E-state index contributed by atoms with van der Waals surface area (Å²) in [6, 6.07) is 37.8. The number of hydrogen-bond donors (Lipinski definition) is 0. The smallest absolute Gasteiger partial charge is 0.147 e. The molecule has 0 aromatic heterocycles. The van der Waals surface area contributed by atoms with E-state index >= 15 is 0 Å². The molecule has 0 spiro atoms. The van der Waals surface area contributed by atoms with Gasteiger partial charge in [0.05, 0.1) is 0 Å².